The van der Waals surface area contributed by atoms with Crippen LogP contribution >= 0.6 is 11.3 Å². The molecule has 0 bridgehead atoms. The van der Waals surface area contributed by atoms with E-state index >= 15 is 0 Å². The highest BCUT2D eigenvalue weighted by molar-refractivity contribution is 7.17. The Kier molecular flexibility index (Phi) is 5.41. The fourth-order valence-corrected chi connectivity index (χ4v) is 4.18. The zero-order valence-corrected chi connectivity index (χ0v) is 17.4. The molecule has 162 valence electrons. The average Bonchev–Trinajstić information content (AvgIpc) is 3.17. The molecule has 2 heterocycles. The Bertz CT molecular complexity index is 1490. The Labute approximate surface area is 182 Å². The van der Waals surface area contributed by atoms with Gasteiger partial charge in [-0.1, -0.05) is 18.2 Å². The van der Waals surface area contributed by atoms with Gasteiger partial charge in [0.05, 0.1) is 16.0 Å². The number of carbonyl (C=O) groups excluding carboxylic acids is 1. The van der Waals surface area contributed by atoms with Gasteiger partial charge >= 0.3 is 5.69 Å². The number of aromatic nitrogens is 2. The van der Waals surface area contributed by atoms with Crippen molar-refractivity contribution in [1.82, 2.24) is 9.55 Å². The summed E-state index contributed by atoms with van der Waals surface area (Å²) < 4.78 is 14.0. The van der Waals surface area contributed by atoms with E-state index in [0.29, 0.717) is 21.5 Å². The predicted octanol–water partition coefficient (Wildman–Crippen LogP) is 3.41. The first-order valence-corrected chi connectivity index (χ1v) is 10.2. The molecule has 0 spiro atoms. The fourth-order valence-electron chi connectivity index (χ4n) is 3.23. The van der Waals surface area contributed by atoms with Crippen LogP contribution in [-0.4, -0.2) is 20.4 Å². The number of amides is 1. The van der Waals surface area contributed by atoms with Crippen molar-refractivity contribution in [2.24, 2.45) is 0 Å². The maximum absolute atomic E-state index is 13.3. The van der Waals surface area contributed by atoms with E-state index in [1.165, 1.54) is 42.5 Å². The lowest BCUT2D eigenvalue weighted by molar-refractivity contribution is -0.384. The number of nitro benzene ring substituents is 1. The maximum Gasteiger partial charge on any atom is 0.329 e. The van der Waals surface area contributed by atoms with E-state index in [1.807, 2.05) is 0 Å². The van der Waals surface area contributed by atoms with Crippen molar-refractivity contribution in [3.63, 3.8) is 0 Å². The number of benzene rings is 2. The van der Waals surface area contributed by atoms with Gasteiger partial charge in [0, 0.05) is 23.1 Å². The number of nitrogens with zero attached hydrogens (tertiary/aromatic N) is 2. The summed E-state index contributed by atoms with van der Waals surface area (Å²) in [6, 6.07) is 9.55. The SMILES string of the molecule is Cc1ccc([N+](=O)[O-])cc1NC(=O)Cn1c(=O)[nH]c2scc(-c3ccc(F)cc3)c2c1=O. The van der Waals surface area contributed by atoms with Crippen LogP contribution in [0.15, 0.2) is 57.4 Å². The molecule has 11 heteroatoms. The highest BCUT2D eigenvalue weighted by Crippen LogP contribution is 2.30. The van der Waals surface area contributed by atoms with Crippen LogP contribution in [0.3, 0.4) is 0 Å². The summed E-state index contributed by atoms with van der Waals surface area (Å²) in [5.74, 6) is -1.12. The Morgan fingerprint density at radius 1 is 1.22 bits per heavy atom. The minimum absolute atomic E-state index is 0.204. The number of anilines is 1. The molecule has 0 saturated carbocycles. The number of hydrogen-bond donors (Lipinski definition) is 2. The van der Waals surface area contributed by atoms with E-state index < -0.39 is 34.4 Å². The van der Waals surface area contributed by atoms with E-state index in [0.717, 1.165) is 15.9 Å². The van der Waals surface area contributed by atoms with Crippen LogP contribution in [0.25, 0.3) is 21.3 Å². The third-order valence-electron chi connectivity index (χ3n) is 4.88. The molecule has 4 rings (SSSR count). The molecule has 0 radical (unpaired) electrons. The summed E-state index contributed by atoms with van der Waals surface area (Å²) in [5, 5.41) is 15.4. The van der Waals surface area contributed by atoms with Gasteiger partial charge in [0.25, 0.3) is 11.2 Å². The normalized spacial score (nSPS) is 10.9. The Hall–Kier alpha value is -4.12. The molecule has 0 aliphatic carbocycles. The van der Waals surface area contributed by atoms with Gasteiger partial charge in [0.1, 0.15) is 17.2 Å². The lowest BCUT2D eigenvalue weighted by Gasteiger charge is -2.09. The zero-order chi connectivity index (χ0) is 23.0. The van der Waals surface area contributed by atoms with Gasteiger partial charge in [-0.05, 0) is 30.2 Å². The van der Waals surface area contributed by atoms with Gasteiger partial charge in [-0.3, -0.25) is 29.3 Å². The number of nitro groups is 1. The smallest absolute Gasteiger partial charge is 0.324 e. The molecule has 0 atom stereocenters. The van der Waals surface area contributed by atoms with Crippen LogP contribution in [0.1, 0.15) is 5.56 Å². The van der Waals surface area contributed by atoms with Gasteiger partial charge in [0.2, 0.25) is 5.91 Å². The van der Waals surface area contributed by atoms with Crippen molar-refractivity contribution in [2.45, 2.75) is 13.5 Å². The number of non-ortho nitro benzene ring substituents is 1. The summed E-state index contributed by atoms with van der Waals surface area (Å²) >= 11 is 1.15. The number of fused-ring (bicyclic) bond motifs is 1. The molecule has 0 unspecified atom stereocenters. The number of hydrogen-bond acceptors (Lipinski definition) is 6. The first kappa shape index (κ1) is 21.1. The van der Waals surface area contributed by atoms with Crippen LogP contribution in [0.2, 0.25) is 0 Å². The van der Waals surface area contributed by atoms with Crippen LogP contribution in [0.4, 0.5) is 15.8 Å². The molecule has 2 aromatic carbocycles. The molecule has 0 fully saturated rings. The molecule has 0 aliphatic rings. The fraction of sp³-hybridized carbons (Fsp3) is 0.0952. The summed E-state index contributed by atoms with van der Waals surface area (Å²) in [6.45, 7) is 1.07. The molecular formula is C21H15FN4O5S. The molecule has 9 nitrogen and oxygen atoms in total. The largest absolute Gasteiger partial charge is 0.329 e. The Morgan fingerprint density at radius 3 is 2.62 bits per heavy atom. The second-order valence-corrected chi connectivity index (χ2v) is 7.87. The monoisotopic (exact) mass is 454 g/mol. The number of rotatable bonds is 5. The van der Waals surface area contributed by atoms with Crippen molar-refractivity contribution < 1.29 is 14.1 Å². The number of nitrogens with one attached hydrogen (secondary N) is 2. The van der Waals surface area contributed by atoms with Crippen LogP contribution in [0.5, 0.6) is 0 Å². The molecule has 2 aromatic heterocycles. The number of thiophene rings is 1. The minimum Gasteiger partial charge on any atom is -0.324 e. The van der Waals surface area contributed by atoms with Crippen molar-refractivity contribution in [2.75, 3.05) is 5.32 Å². The predicted molar refractivity (Wildman–Crippen MR) is 119 cm³/mol. The first-order chi connectivity index (χ1) is 15.2. The Balaban J connectivity index is 1.70. The van der Waals surface area contributed by atoms with Crippen molar-refractivity contribution in [3.05, 3.63) is 90.2 Å². The van der Waals surface area contributed by atoms with Gasteiger partial charge in [-0.25, -0.2) is 9.18 Å². The lowest BCUT2D eigenvalue weighted by Crippen LogP contribution is -2.38. The molecule has 1 amide bonds. The number of halogens is 1. The maximum atomic E-state index is 13.3. The van der Waals surface area contributed by atoms with Crippen molar-refractivity contribution in [3.8, 4) is 11.1 Å². The summed E-state index contributed by atoms with van der Waals surface area (Å²) in [4.78, 5) is 51.4. The van der Waals surface area contributed by atoms with Gasteiger partial charge in [-0.2, -0.15) is 0 Å². The second-order valence-electron chi connectivity index (χ2n) is 6.99. The molecule has 2 N–H and O–H groups in total. The third kappa shape index (κ3) is 3.93. The van der Waals surface area contributed by atoms with Gasteiger partial charge in [-0.15, -0.1) is 11.3 Å². The van der Waals surface area contributed by atoms with Crippen molar-refractivity contribution >= 4 is 38.8 Å². The van der Waals surface area contributed by atoms with E-state index in [-0.39, 0.29) is 16.8 Å². The van der Waals surface area contributed by atoms with E-state index in [1.54, 1.807) is 12.3 Å². The number of H-pyrrole nitrogens is 1. The van der Waals surface area contributed by atoms with Crippen molar-refractivity contribution in [1.29, 1.82) is 0 Å². The minimum atomic E-state index is -0.763. The first-order valence-electron chi connectivity index (χ1n) is 9.30. The van der Waals surface area contributed by atoms with Crippen LogP contribution in [0, 0.1) is 22.9 Å². The number of carbonyl (C=O) groups is 1. The highest BCUT2D eigenvalue weighted by Gasteiger charge is 2.18. The lowest BCUT2D eigenvalue weighted by atomic mass is 10.1. The average molecular weight is 454 g/mol. The van der Waals surface area contributed by atoms with Gasteiger partial charge in [0.15, 0.2) is 0 Å². The quantitative estimate of drug-likeness (QED) is 0.353. The molecule has 0 aliphatic heterocycles. The molecular weight excluding hydrogens is 439 g/mol. The highest BCUT2D eigenvalue weighted by atomic mass is 32.1. The summed E-state index contributed by atoms with van der Waals surface area (Å²) in [7, 11) is 0. The van der Waals surface area contributed by atoms with E-state index in [9.17, 15) is 28.9 Å². The number of aryl methyl sites for hydroxylation is 1. The van der Waals surface area contributed by atoms with Crippen LogP contribution < -0.4 is 16.6 Å². The topological polar surface area (TPSA) is 127 Å². The summed E-state index contributed by atoms with van der Waals surface area (Å²) in [5.41, 5.74) is 0.245. The standard InChI is InChI=1S/C21H15FN4O5S/c1-11-2-7-14(26(30)31)8-16(11)23-17(27)9-25-20(28)18-15(10-32-19(18)24-21(25)29)12-3-5-13(22)6-4-12/h2-8,10H,9H2,1H3,(H,23,27)(H,24,29). The Morgan fingerprint density at radius 2 is 1.94 bits per heavy atom. The molecule has 32 heavy (non-hydrogen) atoms. The van der Waals surface area contributed by atoms with Crippen LogP contribution in [-0.2, 0) is 11.3 Å². The third-order valence-corrected chi connectivity index (χ3v) is 5.77. The van der Waals surface area contributed by atoms with E-state index in [4.69, 9.17) is 0 Å². The second kappa shape index (κ2) is 8.19. The molecule has 4 aromatic rings. The summed E-state index contributed by atoms with van der Waals surface area (Å²) in [6.07, 6.45) is 0. The molecule has 0 saturated heterocycles. The van der Waals surface area contributed by atoms with E-state index in [2.05, 4.69) is 10.3 Å². The zero-order valence-electron chi connectivity index (χ0n) is 16.5. The number of aromatic amines is 1. The van der Waals surface area contributed by atoms with Gasteiger partial charge < -0.3 is 5.32 Å².